The Morgan fingerprint density at radius 2 is 2.27 bits per heavy atom. The van der Waals surface area contributed by atoms with E-state index in [9.17, 15) is 0 Å². The van der Waals surface area contributed by atoms with Crippen LogP contribution in [0.4, 0.5) is 0 Å². The van der Waals surface area contributed by atoms with Crippen LogP contribution in [0.25, 0.3) is 0 Å². The Bertz CT molecular complexity index is 213. The van der Waals surface area contributed by atoms with Crippen molar-refractivity contribution in [2.45, 2.75) is 36.9 Å². The van der Waals surface area contributed by atoms with E-state index >= 15 is 0 Å². The molecular weight excluding hydrogens is 208 g/mol. The van der Waals surface area contributed by atoms with E-state index in [2.05, 4.69) is 23.7 Å². The summed E-state index contributed by atoms with van der Waals surface area (Å²) >= 11 is 2.06. The van der Waals surface area contributed by atoms with Crippen molar-refractivity contribution in [2.24, 2.45) is 5.73 Å². The first kappa shape index (κ1) is 11.7. The highest BCUT2D eigenvalue weighted by Gasteiger charge is 2.48. The second kappa shape index (κ2) is 4.62. The standard InChI is InChI=1S/C11H22N2OS/c1-13(9-3-4-15-7-9)11(8-12)5-10(6-11)14-2/h9-10H,3-8,12H2,1-2H3. The molecule has 0 amide bonds. The van der Waals surface area contributed by atoms with Crippen LogP contribution in [0.3, 0.4) is 0 Å². The molecule has 1 aliphatic heterocycles. The van der Waals surface area contributed by atoms with Crippen LogP contribution in [0.1, 0.15) is 19.3 Å². The van der Waals surface area contributed by atoms with Crippen LogP contribution in [0.15, 0.2) is 0 Å². The van der Waals surface area contributed by atoms with Crippen LogP contribution < -0.4 is 5.73 Å². The SMILES string of the molecule is COC1CC(CN)(N(C)C2CCSC2)C1. The third-order valence-corrected chi connectivity index (χ3v) is 5.27. The van der Waals surface area contributed by atoms with Gasteiger partial charge < -0.3 is 10.5 Å². The zero-order valence-corrected chi connectivity index (χ0v) is 10.6. The Balaban J connectivity index is 1.94. The van der Waals surface area contributed by atoms with Gasteiger partial charge in [-0.3, -0.25) is 4.90 Å². The maximum Gasteiger partial charge on any atom is 0.0607 e. The van der Waals surface area contributed by atoms with Crippen molar-refractivity contribution in [3.05, 3.63) is 0 Å². The fraction of sp³-hybridized carbons (Fsp3) is 1.00. The number of nitrogens with two attached hydrogens (primary N) is 1. The van der Waals surface area contributed by atoms with Gasteiger partial charge in [0.2, 0.25) is 0 Å². The van der Waals surface area contributed by atoms with E-state index in [1.165, 1.54) is 17.9 Å². The van der Waals surface area contributed by atoms with Gasteiger partial charge in [0.25, 0.3) is 0 Å². The average Bonchev–Trinajstić information content (AvgIpc) is 2.70. The Kier molecular flexibility index (Phi) is 3.60. The van der Waals surface area contributed by atoms with Crippen LogP contribution in [0.5, 0.6) is 0 Å². The summed E-state index contributed by atoms with van der Waals surface area (Å²) in [6.45, 7) is 0.768. The van der Waals surface area contributed by atoms with Gasteiger partial charge in [-0.05, 0) is 32.1 Å². The molecule has 1 unspecified atom stereocenters. The van der Waals surface area contributed by atoms with Crippen LogP contribution in [-0.2, 0) is 4.74 Å². The Hall–Kier alpha value is 0.230. The number of ether oxygens (including phenoxy) is 1. The summed E-state index contributed by atoms with van der Waals surface area (Å²) in [5.74, 6) is 2.58. The molecule has 88 valence electrons. The minimum atomic E-state index is 0.232. The van der Waals surface area contributed by atoms with Crippen molar-refractivity contribution in [1.82, 2.24) is 4.90 Å². The van der Waals surface area contributed by atoms with E-state index in [4.69, 9.17) is 10.5 Å². The predicted molar refractivity (Wildman–Crippen MR) is 65.3 cm³/mol. The lowest BCUT2D eigenvalue weighted by Crippen LogP contribution is -2.65. The van der Waals surface area contributed by atoms with Crippen LogP contribution in [0.2, 0.25) is 0 Å². The highest BCUT2D eigenvalue weighted by molar-refractivity contribution is 7.99. The number of rotatable bonds is 4. The van der Waals surface area contributed by atoms with Crippen molar-refractivity contribution in [3.63, 3.8) is 0 Å². The fourth-order valence-corrected chi connectivity index (χ4v) is 4.04. The van der Waals surface area contributed by atoms with Gasteiger partial charge in [-0.15, -0.1) is 0 Å². The van der Waals surface area contributed by atoms with Crippen LogP contribution in [-0.4, -0.2) is 54.8 Å². The monoisotopic (exact) mass is 230 g/mol. The third kappa shape index (κ3) is 2.05. The van der Waals surface area contributed by atoms with Gasteiger partial charge in [-0.1, -0.05) is 0 Å². The minimum absolute atomic E-state index is 0.232. The molecular formula is C11H22N2OS. The highest BCUT2D eigenvalue weighted by Crippen LogP contribution is 2.40. The molecule has 1 atom stereocenters. The summed E-state index contributed by atoms with van der Waals surface area (Å²) in [6, 6.07) is 0.733. The molecule has 2 rings (SSSR count). The molecule has 2 N–H and O–H groups in total. The molecule has 0 bridgehead atoms. The highest BCUT2D eigenvalue weighted by atomic mass is 32.2. The van der Waals surface area contributed by atoms with Crippen LogP contribution >= 0.6 is 11.8 Å². The number of nitrogens with zero attached hydrogens (tertiary/aromatic N) is 1. The molecule has 2 fully saturated rings. The normalized spacial score (nSPS) is 40.8. The second-order valence-corrected chi connectivity index (χ2v) is 5.97. The predicted octanol–water partition coefficient (Wildman–Crippen LogP) is 0.930. The summed E-state index contributed by atoms with van der Waals surface area (Å²) in [5, 5.41) is 0. The molecule has 0 spiro atoms. The van der Waals surface area contributed by atoms with Crippen LogP contribution in [0, 0.1) is 0 Å². The maximum absolute atomic E-state index is 5.95. The molecule has 3 nitrogen and oxygen atoms in total. The van der Waals surface area contributed by atoms with E-state index in [0.717, 1.165) is 25.4 Å². The Morgan fingerprint density at radius 3 is 2.73 bits per heavy atom. The van der Waals surface area contributed by atoms with E-state index in [-0.39, 0.29) is 5.54 Å². The molecule has 0 aromatic heterocycles. The zero-order chi connectivity index (χ0) is 10.9. The smallest absolute Gasteiger partial charge is 0.0607 e. The molecule has 0 aromatic rings. The summed E-state index contributed by atoms with van der Waals surface area (Å²) < 4.78 is 5.37. The van der Waals surface area contributed by atoms with E-state index in [1.54, 1.807) is 7.11 Å². The zero-order valence-electron chi connectivity index (χ0n) is 9.74. The molecule has 2 aliphatic rings. The molecule has 1 saturated carbocycles. The lowest BCUT2D eigenvalue weighted by molar-refractivity contribution is -0.0887. The largest absolute Gasteiger partial charge is 0.381 e. The number of likely N-dealkylation sites (N-methyl/N-ethyl adjacent to an activating group) is 1. The molecule has 15 heavy (non-hydrogen) atoms. The van der Waals surface area contributed by atoms with Crippen molar-refractivity contribution in [2.75, 3.05) is 32.2 Å². The third-order valence-electron chi connectivity index (χ3n) is 4.13. The molecule has 0 radical (unpaired) electrons. The first-order chi connectivity index (χ1) is 7.22. The summed E-state index contributed by atoms with van der Waals surface area (Å²) in [5.41, 5.74) is 6.18. The number of hydrogen-bond donors (Lipinski definition) is 1. The van der Waals surface area contributed by atoms with Gasteiger partial charge in [-0.25, -0.2) is 0 Å². The lowest BCUT2D eigenvalue weighted by Gasteiger charge is -2.54. The van der Waals surface area contributed by atoms with Crippen molar-refractivity contribution in [1.29, 1.82) is 0 Å². The molecule has 4 heteroatoms. The number of hydrogen-bond acceptors (Lipinski definition) is 4. The summed E-state index contributed by atoms with van der Waals surface area (Å²) in [6.07, 6.45) is 3.97. The molecule has 0 aromatic carbocycles. The van der Waals surface area contributed by atoms with Crippen molar-refractivity contribution >= 4 is 11.8 Å². The molecule has 1 saturated heterocycles. The Morgan fingerprint density at radius 1 is 1.53 bits per heavy atom. The quantitative estimate of drug-likeness (QED) is 0.780. The molecule has 1 heterocycles. The lowest BCUT2D eigenvalue weighted by atomic mass is 9.72. The van der Waals surface area contributed by atoms with Crippen molar-refractivity contribution < 1.29 is 4.74 Å². The Labute approximate surface area is 96.7 Å². The average molecular weight is 230 g/mol. The summed E-state index contributed by atoms with van der Waals surface area (Å²) in [7, 11) is 4.05. The second-order valence-electron chi connectivity index (χ2n) is 4.82. The van der Waals surface area contributed by atoms with E-state index in [0.29, 0.717) is 6.10 Å². The van der Waals surface area contributed by atoms with E-state index < -0.39 is 0 Å². The van der Waals surface area contributed by atoms with Gasteiger partial charge in [-0.2, -0.15) is 11.8 Å². The minimum Gasteiger partial charge on any atom is -0.381 e. The van der Waals surface area contributed by atoms with Gasteiger partial charge in [0.05, 0.1) is 6.10 Å². The van der Waals surface area contributed by atoms with Gasteiger partial charge in [0.15, 0.2) is 0 Å². The number of methoxy groups -OCH3 is 1. The topological polar surface area (TPSA) is 38.5 Å². The van der Waals surface area contributed by atoms with E-state index in [1.807, 2.05) is 0 Å². The fourth-order valence-electron chi connectivity index (χ4n) is 2.77. The van der Waals surface area contributed by atoms with Gasteiger partial charge >= 0.3 is 0 Å². The first-order valence-electron chi connectivity index (χ1n) is 5.75. The first-order valence-corrected chi connectivity index (χ1v) is 6.91. The van der Waals surface area contributed by atoms with Gasteiger partial charge in [0, 0.05) is 31.0 Å². The molecule has 1 aliphatic carbocycles. The van der Waals surface area contributed by atoms with Gasteiger partial charge in [0.1, 0.15) is 0 Å². The summed E-state index contributed by atoms with van der Waals surface area (Å²) in [4.78, 5) is 2.53. The maximum atomic E-state index is 5.95. The van der Waals surface area contributed by atoms with Crippen molar-refractivity contribution in [3.8, 4) is 0 Å². The number of thioether (sulfide) groups is 1.